The molecule has 122 valence electrons. The zero-order valence-electron chi connectivity index (χ0n) is 13.9. The SMILES string of the molecule is CN(C)CCN(C(=O)C1CCCCC1CN)C1CCCC1. The Labute approximate surface area is 130 Å². The fourth-order valence-corrected chi connectivity index (χ4v) is 4.02. The second-order valence-electron chi connectivity index (χ2n) is 7.16. The summed E-state index contributed by atoms with van der Waals surface area (Å²) in [6.07, 6.45) is 9.57. The van der Waals surface area contributed by atoms with Gasteiger partial charge in [-0.2, -0.15) is 0 Å². The highest BCUT2D eigenvalue weighted by molar-refractivity contribution is 5.79. The van der Waals surface area contributed by atoms with E-state index in [0.717, 1.165) is 25.9 Å². The molecule has 21 heavy (non-hydrogen) atoms. The molecule has 2 N–H and O–H groups in total. The average molecular weight is 295 g/mol. The average Bonchev–Trinajstić information content (AvgIpc) is 3.01. The maximum Gasteiger partial charge on any atom is 0.226 e. The minimum absolute atomic E-state index is 0.187. The monoisotopic (exact) mass is 295 g/mol. The van der Waals surface area contributed by atoms with Crippen molar-refractivity contribution in [2.75, 3.05) is 33.7 Å². The quantitative estimate of drug-likeness (QED) is 0.816. The van der Waals surface area contributed by atoms with Gasteiger partial charge in [0.1, 0.15) is 0 Å². The molecular weight excluding hydrogens is 262 g/mol. The van der Waals surface area contributed by atoms with Crippen LogP contribution in [0.1, 0.15) is 51.4 Å². The van der Waals surface area contributed by atoms with Gasteiger partial charge in [0.05, 0.1) is 0 Å². The third-order valence-electron chi connectivity index (χ3n) is 5.37. The second kappa shape index (κ2) is 8.14. The summed E-state index contributed by atoms with van der Waals surface area (Å²) in [5.74, 6) is 1.000. The van der Waals surface area contributed by atoms with Gasteiger partial charge >= 0.3 is 0 Å². The Morgan fingerprint density at radius 2 is 1.62 bits per heavy atom. The Morgan fingerprint density at radius 3 is 2.24 bits per heavy atom. The predicted molar refractivity (Wildman–Crippen MR) is 87.0 cm³/mol. The van der Waals surface area contributed by atoms with Crippen molar-refractivity contribution in [3.05, 3.63) is 0 Å². The summed E-state index contributed by atoms with van der Waals surface area (Å²) in [6.45, 7) is 2.51. The van der Waals surface area contributed by atoms with Crippen molar-refractivity contribution in [2.24, 2.45) is 17.6 Å². The van der Waals surface area contributed by atoms with Crippen molar-refractivity contribution in [1.82, 2.24) is 9.80 Å². The molecule has 0 aromatic carbocycles. The predicted octanol–water partition coefficient (Wildman–Crippen LogP) is 2.08. The summed E-state index contributed by atoms with van der Waals surface area (Å²) in [6, 6.07) is 0.484. The Hall–Kier alpha value is -0.610. The highest BCUT2D eigenvalue weighted by Gasteiger charge is 2.36. The van der Waals surface area contributed by atoms with Crippen molar-refractivity contribution in [1.29, 1.82) is 0 Å². The van der Waals surface area contributed by atoms with Gasteiger partial charge in [-0.3, -0.25) is 4.79 Å². The van der Waals surface area contributed by atoms with Crippen LogP contribution in [0.2, 0.25) is 0 Å². The van der Waals surface area contributed by atoms with Gasteiger partial charge in [-0.25, -0.2) is 0 Å². The van der Waals surface area contributed by atoms with Crippen molar-refractivity contribution >= 4 is 5.91 Å². The van der Waals surface area contributed by atoms with E-state index in [-0.39, 0.29) is 5.92 Å². The molecule has 2 atom stereocenters. The molecule has 0 radical (unpaired) electrons. The van der Waals surface area contributed by atoms with Gasteiger partial charge in [-0.15, -0.1) is 0 Å². The van der Waals surface area contributed by atoms with Crippen LogP contribution in [-0.2, 0) is 4.79 Å². The molecule has 2 unspecified atom stereocenters. The highest BCUT2D eigenvalue weighted by Crippen LogP contribution is 2.33. The van der Waals surface area contributed by atoms with Crippen molar-refractivity contribution in [3.63, 3.8) is 0 Å². The number of hydrogen-bond acceptors (Lipinski definition) is 3. The van der Waals surface area contributed by atoms with E-state index in [1.54, 1.807) is 0 Å². The van der Waals surface area contributed by atoms with Crippen LogP contribution in [0.5, 0.6) is 0 Å². The van der Waals surface area contributed by atoms with Crippen molar-refractivity contribution in [2.45, 2.75) is 57.4 Å². The largest absolute Gasteiger partial charge is 0.338 e. The van der Waals surface area contributed by atoms with Crippen LogP contribution >= 0.6 is 0 Å². The number of hydrogen-bond donors (Lipinski definition) is 1. The van der Waals surface area contributed by atoms with Gasteiger partial charge in [0, 0.05) is 25.0 Å². The zero-order chi connectivity index (χ0) is 15.2. The molecule has 0 saturated heterocycles. The number of nitrogens with two attached hydrogens (primary N) is 1. The van der Waals surface area contributed by atoms with E-state index in [9.17, 15) is 4.79 Å². The maximum absolute atomic E-state index is 13.1. The second-order valence-corrected chi connectivity index (χ2v) is 7.16. The Bertz CT molecular complexity index is 326. The molecule has 2 fully saturated rings. The Kier molecular flexibility index (Phi) is 6.49. The lowest BCUT2D eigenvalue weighted by atomic mass is 9.78. The number of rotatable bonds is 6. The Balaban J connectivity index is 2.04. The normalized spacial score (nSPS) is 27.2. The van der Waals surface area contributed by atoms with E-state index in [1.807, 2.05) is 0 Å². The van der Waals surface area contributed by atoms with Crippen LogP contribution in [0.25, 0.3) is 0 Å². The fourth-order valence-electron chi connectivity index (χ4n) is 4.02. The van der Waals surface area contributed by atoms with E-state index in [4.69, 9.17) is 5.73 Å². The van der Waals surface area contributed by atoms with Gasteiger partial charge in [0.25, 0.3) is 0 Å². The Morgan fingerprint density at radius 1 is 1.00 bits per heavy atom. The molecule has 0 heterocycles. The molecule has 0 aromatic heterocycles. The van der Waals surface area contributed by atoms with Crippen LogP contribution in [0, 0.1) is 11.8 Å². The molecule has 0 spiro atoms. The lowest BCUT2D eigenvalue weighted by molar-refractivity contribution is -0.141. The first-order chi connectivity index (χ1) is 10.1. The van der Waals surface area contributed by atoms with E-state index >= 15 is 0 Å². The smallest absolute Gasteiger partial charge is 0.226 e. The van der Waals surface area contributed by atoms with Crippen molar-refractivity contribution in [3.8, 4) is 0 Å². The number of amides is 1. The van der Waals surface area contributed by atoms with Crippen LogP contribution < -0.4 is 5.73 Å². The third-order valence-corrected chi connectivity index (χ3v) is 5.37. The van der Waals surface area contributed by atoms with Gasteiger partial charge in [-0.1, -0.05) is 25.7 Å². The number of likely N-dealkylation sites (N-methyl/N-ethyl adjacent to an activating group) is 1. The molecule has 2 aliphatic carbocycles. The zero-order valence-corrected chi connectivity index (χ0v) is 13.9. The molecule has 0 aliphatic heterocycles. The summed E-state index contributed by atoms with van der Waals surface area (Å²) >= 11 is 0. The lowest BCUT2D eigenvalue weighted by Gasteiger charge is -2.37. The number of carbonyl (C=O) groups excluding carboxylic acids is 1. The third kappa shape index (κ3) is 4.43. The minimum atomic E-state index is 0.187. The first-order valence-electron chi connectivity index (χ1n) is 8.78. The molecule has 1 amide bonds. The summed E-state index contributed by atoms with van der Waals surface area (Å²) in [4.78, 5) is 17.5. The summed E-state index contributed by atoms with van der Waals surface area (Å²) in [5.41, 5.74) is 5.93. The molecule has 2 rings (SSSR count). The molecule has 2 aliphatic rings. The van der Waals surface area contributed by atoms with Gasteiger partial charge in [0.2, 0.25) is 5.91 Å². The standard InChI is InChI=1S/C17H33N3O/c1-19(2)11-12-20(15-8-4-5-9-15)17(21)16-10-6-3-7-14(16)13-18/h14-16H,3-13,18H2,1-2H3. The molecule has 0 aromatic rings. The highest BCUT2D eigenvalue weighted by atomic mass is 16.2. The van der Waals surface area contributed by atoms with Gasteiger partial charge < -0.3 is 15.5 Å². The van der Waals surface area contributed by atoms with E-state index in [1.165, 1.54) is 38.5 Å². The van der Waals surface area contributed by atoms with Crippen LogP contribution in [-0.4, -0.2) is 55.5 Å². The van der Waals surface area contributed by atoms with E-state index in [0.29, 0.717) is 24.4 Å². The summed E-state index contributed by atoms with van der Waals surface area (Å²) in [7, 11) is 4.17. The fraction of sp³-hybridized carbons (Fsp3) is 0.941. The molecule has 4 heteroatoms. The molecule has 2 saturated carbocycles. The van der Waals surface area contributed by atoms with Crippen LogP contribution in [0.15, 0.2) is 0 Å². The van der Waals surface area contributed by atoms with E-state index in [2.05, 4.69) is 23.9 Å². The molecule has 4 nitrogen and oxygen atoms in total. The van der Waals surface area contributed by atoms with Gasteiger partial charge in [0.15, 0.2) is 0 Å². The topological polar surface area (TPSA) is 49.6 Å². The first-order valence-corrected chi connectivity index (χ1v) is 8.78. The summed E-state index contributed by atoms with van der Waals surface area (Å²) < 4.78 is 0. The molecular formula is C17H33N3O. The van der Waals surface area contributed by atoms with Crippen molar-refractivity contribution < 1.29 is 4.79 Å². The van der Waals surface area contributed by atoms with Gasteiger partial charge in [-0.05, 0) is 52.2 Å². The number of carbonyl (C=O) groups is 1. The first kappa shape index (κ1) is 16.8. The van der Waals surface area contributed by atoms with Crippen LogP contribution in [0.4, 0.5) is 0 Å². The molecule has 0 bridgehead atoms. The van der Waals surface area contributed by atoms with E-state index < -0.39 is 0 Å². The maximum atomic E-state index is 13.1. The summed E-state index contributed by atoms with van der Waals surface area (Å²) in [5, 5.41) is 0. The minimum Gasteiger partial charge on any atom is -0.338 e. The van der Waals surface area contributed by atoms with Crippen LogP contribution in [0.3, 0.4) is 0 Å². The number of nitrogens with zero attached hydrogens (tertiary/aromatic N) is 2. The lowest BCUT2D eigenvalue weighted by Crippen LogP contribution is -2.48.